The van der Waals surface area contributed by atoms with Crippen LogP contribution in [0.25, 0.3) is 10.9 Å². The summed E-state index contributed by atoms with van der Waals surface area (Å²) in [4.78, 5) is 4.51. The molecule has 3 nitrogen and oxygen atoms in total. The molecule has 1 spiro atoms. The zero-order valence-corrected chi connectivity index (χ0v) is 12.5. The van der Waals surface area contributed by atoms with Crippen molar-refractivity contribution in [1.29, 1.82) is 0 Å². The lowest BCUT2D eigenvalue weighted by molar-refractivity contribution is -0.0730. The van der Waals surface area contributed by atoms with Crippen LogP contribution in [0.5, 0.6) is 5.75 Å². The summed E-state index contributed by atoms with van der Waals surface area (Å²) in [6.07, 6.45) is 8.56. The van der Waals surface area contributed by atoms with Crippen LogP contribution >= 0.6 is 0 Å². The first-order chi connectivity index (χ1) is 10.3. The topological polar surface area (TPSA) is 34.1 Å². The molecule has 1 heterocycles. The van der Waals surface area contributed by atoms with E-state index in [0.29, 0.717) is 17.6 Å². The number of nitrogens with one attached hydrogen (secondary N) is 1. The molecule has 0 saturated heterocycles. The van der Waals surface area contributed by atoms with Gasteiger partial charge >= 0.3 is 0 Å². The molecule has 1 aromatic carbocycles. The minimum atomic E-state index is 0.338. The van der Waals surface area contributed by atoms with E-state index in [2.05, 4.69) is 41.6 Å². The highest BCUT2D eigenvalue weighted by atomic mass is 16.5. The van der Waals surface area contributed by atoms with Crippen LogP contribution in [0.4, 0.5) is 0 Å². The molecular weight excluding hydrogens is 260 g/mol. The van der Waals surface area contributed by atoms with Crippen molar-refractivity contribution >= 4 is 10.9 Å². The van der Waals surface area contributed by atoms with Gasteiger partial charge in [-0.3, -0.25) is 4.98 Å². The van der Waals surface area contributed by atoms with Gasteiger partial charge in [-0.25, -0.2) is 0 Å². The maximum atomic E-state index is 6.43. The van der Waals surface area contributed by atoms with E-state index in [0.717, 1.165) is 23.1 Å². The number of aromatic nitrogens is 1. The molecule has 2 aromatic rings. The SMILES string of the molecule is CNC1CC(Oc2cccc3cccnc23)C12CCCC2. The number of nitrogens with zero attached hydrogens (tertiary/aromatic N) is 1. The van der Waals surface area contributed by atoms with Gasteiger partial charge in [0, 0.05) is 29.5 Å². The quantitative estimate of drug-likeness (QED) is 0.935. The third kappa shape index (κ3) is 1.95. The van der Waals surface area contributed by atoms with Gasteiger partial charge in [-0.1, -0.05) is 31.0 Å². The van der Waals surface area contributed by atoms with Crippen molar-refractivity contribution in [2.45, 2.75) is 44.2 Å². The molecule has 4 rings (SSSR count). The maximum Gasteiger partial charge on any atom is 0.145 e. The number of benzene rings is 1. The molecule has 3 heteroatoms. The zero-order valence-electron chi connectivity index (χ0n) is 12.5. The minimum Gasteiger partial charge on any atom is -0.487 e. The molecule has 0 bridgehead atoms. The normalized spacial score (nSPS) is 26.9. The number of hydrogen-bond donors (Lipinski definition) is 1. The number of rotatable bonds is 3. The molecule has 2 unspecified atom stereocenters. The Morgan fingerprint density at radius 2 is 2.00 bits per heavy atom. The van der Waals surface area contributed by atoms with Crippen LogP contribution < -0.4 is 10.1 Å². The summed E-state index contributed by atoms with van der Waals surface area (Å²) < 4.78 is 6.43. The molecule has 0 radical (unpaired) electrons. The lowest BCUT2D eigenvalue weighted by Gasteiger charge is -2.53. The van der Waals surface area contributed by atoms with Crippen molar-refractivity contribution in [3.05, 3.63) is 36.5 Å². The van der Waals surface area contributed by atoms with Gasteiger partial charge in [0.2, 0.25) is 0 Å². The van der Waals surface area contributed by atoms with Crippen LogP contribution in [0.1, 0.15) is 32.1 Å². The standard InChI is InChI=1S/C18H22N2O/c1-19-15-12-16(18(15)9-2-3-10-18)21-14-8-4-6-13-7-5-11-20-17(13)14/h4-8,11,15-16,19H,2-3,9-10,12H2,1H3. The molecule has 2 aliphatic carbocycles. The number of ether oxygens (including phenoxy) is 1. The number of para-hydroxylation sites is 1. The molecule has 2 fully saturated rings. The average Bonchev–Trinajstić information content (AvgIpc) is 3.04. The first-order valence-corrected chi connectivity index (χ1v) is 8.01. The molecule has 21 heavy (non-hydrogen) atoms. The second-order valence-electron chi connectivity index (χ2n) is 6.45. The highest BCUT2D eigenvalue weighted by Gasteiger charge is 2.57. The second kappa shape index (κ2) is 4.99. The van der Waals surface area contributed by atoms with Crippen molar-refractivity contribution in [1.82, 2.24) is 10.3 Å². The first-order valence-electron chi connectivity index (χ1n) is 8.01. The largest absolute Gasteiger partial charge is 0.487 e. The third-order valence-corrected chi connectivity index (χ3v) is 5.53. The van der Waals surface area contributed by atoms with Gasteiger partial charge in [0.15, 0.2) is 0 Å². The molecule has 2 aliphatic rings. The summed E-state index contributed by atoms with van der Waals surface area (Å²) in [6.45, 7) is 0. The van der Waals surface area contributed by atoms with Crippen LogP contribution in [0.3, 0.4) is 0 Å². The Morgan fingerprint density at radius 3 is 2.81 bits per heavy atom. The van der Waals surface area contributed by atoms with Crippen molar-refractivity contribution in [3.63, 3.8) is 0 Å². The van der Waals surface area contributed by atoms with E-state index >= 15 is 0 Å². The van der Waals surface area contributed by atoms with E-state index in [1.54, 1.807) is 0 Å². The Balaban J connectivity index is 1.63. The van der Waals surface area contributed by atoms with Crippen molar-refractivity contribution in [2.24, 2.45) is 5.41 Å². The summed E-state index contributed by atoms with van der Waals surface area (Å²) in [5.41, 5.74) is 1.34. The Hall–Kier alpha value is -1.61. The van der Waals surface area contributed by atoms with E-state index in [1.165, 1.54) is 25.7 Å². The Kier molecular flexibility index (Phi) is 3.11. The van der Waals surface area contributed by atoms with E-state index in [9.17, 15) is 0 Å². The monoisotopic (exact) mass is 282 g/mol. The van der Waals surface area contributed by atoms with E-state index < -0.39 is 0 Å². The summed E-state index contributed by atoms with van der Waals surface area (Å²) in [6, 6.07) is 10.9. The summed E-state index contributed by atoms with van der Waals surface area (Å²) in [5, 5.41) is 4.64. The van der Waals surface area contributed by atoms with Crippen LogP contribution in [0.2, 0.25) is 0 Å². The highest BCUT2D eigenvalue weighted by molar-refractivity contribution is 5.84. The number of pyridine rings is 1. The third-order valence-electron chi connectivity index (χ3n) is 5.53. The molecule has 1 aromatic heterocycles. The van der Waals surface area contributed by atoms with Crippen LogP contribution in [-0.4, -0.2) is 24.2 Å². The summed E-state index contributed by atoms with van der Waals surface area (Å²) >= 11 is 0. The zero-order chi connectivity index (χ0) is 14.3. The Bertz CT molecular complexity index is 643. The van der Waals surface area contributed by atoms with Gasteiger partial charge in [0.25, 0.3) is 0 Å². The molecule has 110 valence electrons. The second-order valence-corrected chi connectivity index (χ2v) is 6.45. The average molecular weight is 282 g/mol. The fourth-order valence-corrected chi connectivity index (χ4v) is 4.35. The predicted molar refractivity (Wildman–Crippen MR) is 84.5 cm³/mol. The fraction of sp³-hybridized carbons (Fsp3) is 0.500. The van der Waals surface area contributed by atoms with Gasteiger partial charge in [0.1, 0.15) is 17.4 Å². The first kappa shape index (κ1) is 13.1. The van der Waals surface area contributed by atoms with Crippen LogP contribution in [0.15, 0.2) is 36.5 Å². The summed E-state index contributed by atoms with van der Waals surface area (Å²) in [5.74, 6) is 0.943. The van der Waals surface area contributed by atoms with Gasteiger partial charge in [0.05, 0.1) is 0 Å². The fourth-order valence-electron chi connectivity index (χ4n) is 4.35. The van der Waals surface area contributed by atoms with E-state index in [1.807, 2.05) is 12.3 Å². The molecule has 0 amide bonds. The lowest BCUT2D eigenvalue weighted by Crippen LogP contribution is -2.63. The molecule has 2 saturated carbocycles. The summed E-state index contributed by atoms with van der Waals surface area (Å²) in [7, 11) is 2.08. The van der Waals surface area contributed by atoms with Gasteiger partial charge in [-0.2, -0.15) is 0 Å². The molecular formula is C18H22N2O. The van der Waals surface area contributed by atoms with Crippen LogP contribution in [0, 0.1) is 5.41 Å². The van der Waals surface area contributed by atoms with Crippen LogP contribution in [-0.2, 0) is 0 Å². The highest BCUT2D eigenvalue weighted by Crippen LogP contribution is 2.54. The van der Waals surface area contributed by atoms with Crippen molar-refractivity contribution < 1.29 is 4.74 Å². The van der Waals surface area contributed by atoms with Gasteiger partial charge < -0.3 is 10.1 Å². The number of hydrogen-bond acceptors (Lipinski definition) is 3. The van der Waals surface area contributed by atoms with E-state index in [-0.39, 0.29) is 0 Å². The number of fused-ring (bicyclic) bond motifs is 1. The lowest BCUT2D eigenvalue weighted by atomic mass is 9.60. The Morgan fingerprint density at radius 1 is 1.19 bits per heavy atom. The Labute approximate surface area is 125 Å². The van der Waals surface area contributed by atoms with Gasteiger partial charge in [-0.15, -0.1) is 0 Å². The molecule has 2 atom stereocenters. The molecule has 1 N–H and O–H groups in total. The smallest absolute Gasteiger partial charge is 0.145 e. The van der Waals surface area contributed by atoms with Gasteiger partial charge in [-0.05, 0) is 32.0 Å². The van der Waals surface area contributed by atoms with E-state index in [4.69, 9.17) is 4.74 Å². The maximum absolute atomic E-state index is 6.43. The predicted octanol–water partition coefficient (Wildman–Crippen LogP) is 3.53. The van der Waals surface area contributed by atoms with Crippen molar-refractivity contribution in [3.8, 4) is 5.75 Å². The minimum absolute atomic E-state index is 0.338. The molecule has 0 aliphatic heterocycles. The van der Waals surface area contributed by atoms with Crippen molar-refractivity contribution in [2.75, 3.05) is 7.05 Å².